The van der Waals surface area contributed by atoms with E-state index in [1.165, 1.54) is 16.3 Å². The van der Waals surface area contributed by atoms with Crippen LogP contribution >= 0.6 is 0 Å². The Balaban J connectivity index is 1.47. The van der Waals surface area contributed by atoms with E-state index >= 15 is 0 Å². The number of para-hydroxylation sites is 2. The van der Waals surface area contributed by atoms with Crippen molar-refractivity contribution >= 4 is 27.5 Å². The van der Waals surface area contributed by atoms with Crippen LogP contribution in [0.1, 0.15) is 6.42 Å². The molecule has 0 N–H and O–H groups in total. The van der Waals surface area contributed by atoms with Crippen molar-refractivity contribution < 1.29 is 22.7 Å². The maximum absolute atomic E-state index is 13.1. The minimum absolute atomic E-state index is 0.0717. The third-order valence-electron chi connectivity index (χ3n) is 5.54. The van der Waals surface area contributed by atoms with Crippen molar-refractivity contribution in [3.63, 3.8) is 0 Å². The molecule has 2 saturated heterocycles. The largest absolute Gasteiger partial charge is 0.495 e. The molecule has 158 valence electrons. The lowest BCUT2D eigenvalue weighted by Crippen LogP contribution is -2.53. The summed E-state index contributed by atoms with van der Waals surface area (Å²) in [6.45, 7) is 1.30. The normalized spacial score (nSPS) is 21.2. The summed E-state index contributed by atoms with van der Waals surface area (Å²) >= 11 is 0. The van der Waals surface area contributed by atoms with Gasteiger partial charge in [-0.25, -0.2) is 13.3 Å². The van der Waals surface area contributed by atoms with Crippen molar-refractivity contribution in [2.45, 2.75) is 17.4 Å². The highest BCUT2D eigenvalue weighted by atomic mass is 32.2. The topological polar surface area (TPSA) is 87.2 Å². The van der Waals surface area contributed by atoms with Gasteiger partial charge in [0.05, 0.1) is 30.2 Å². The van der Waals surface area contributed by atoms with Crippen LogP contribution in [0.2, 0.25) is 0 Å². The summed E-state index contributed by atoms with van der Waals surface area (Å²) in [6, 6.07) is 14.6. The number of carbonyl (C=O) groups excluding carboxylic acids is 2. The molecule has 0 bridgehead atoms. The summed E-state index contributed by atoms with van der Waals surface area (Å²) in [5.41, 5.74) is 0.433. The smallest absolute Gasteiger partial charge is 0.251 e. The summed E-state index contributed by atoms with van der Waals surface area (Å²) in [4.78, 5) is 29.0. The Morgan fingerprint density at radius 2 is 1.53 bits per heavy atom. The number of hydrogen-bond acceptors (Lipinski definition) is 6. The van der Waals surface area contributed by atoms with E-state index in [-0.39, 0.29) is 36.2 Å². The van der Waals surface area contributed by atoms with Crippen LogP contribution in [-0.4, -0.2) is 68.8 Å². The van der Waals surface area contributed by atoms with Crippen molar-refractivity contribution in [3.05, 3.63) is 54.6 Å². The molecule has 0 saturated carbocycles. The van der Waals surface area contributed by atoms with Gasteiger partial charge in [0, 0.05) is 26.2 Å². The van der Waals surface area contributed by atoms with E-state index in [2.05, 4.69) is 0 Å². The molecule has 9 heteroatoms. The van der Waals surface area contributed by atoms with Crippen molar-refractivity contribution in [3.8, 4) is 5.75 Å². The first-order valence-electron chi connectivity index (χ1n) is 9.72. The van der Waals surface area contributed by atoms with Crippen LogP contribution in [0.15, 0.2) is 59.5 Å². The molecular formula is C21H23N3O5S. The molecule has 2 amide bonds. The van der Waals surface area contributed by atoms with E-state index in [1.807, 2.05) is 4.90 Å². The second-order valence-electron chi connectivity index (χ2n) is 7.21. The van der Waals surface area contributed by atoms with Gasteiger partial charge < -0.3 is 4.74 Å². The number of amides is 2. The first-order valence-corrected chi connectivity index (χ1v) is 11.2. The fourth-order valence-electron chi connectivity index (χ4n) is 3.97. The summed E-state index contributed by atoms with van der Waals surface area (Å²) < 4.78 is 32.3. The second kappa shape index (κ2) is 8.17. The summed E-state index contributed by atoms with van der Waals surface area (Å²) in [7, 11) is -2.07. The van der Waals surface area contributed by atoms with Gasteiger partial charge in [0.15, 0.2) is 0 Å². The number of hydrogen-bond donors (Lipinski definition) is 0. The Labute approximate surface area is 175 Å². The molecule has 2 aliphatic heterocycles. The molecule has 0 unspecified atom stereocenters. The van der Waals surface area contributed by atoms with Crippen LogP contribution in [0.3, 0.4) is 0 Å². The second-order valence-corrected chi connectivity index (χ2v) is 9.15. The molecule has 2 heterocycles. The number of ether oxygens (including phenoxy) is 1. The quantitative estimate of drug-likeness (QED) is 0.667. The van der Waals surface area contributed by atoms with Crippen molar-refractivity contribution in [1.29, 1.82) is 0 Å². The minimum Gasteiger partial charge on any atom is -0.495 e. The first-order chi connectivity index (χ1) is 14.4. The van der Waals surface area contributed by atoms with Gasteiger partial charge in [-0.15, -0.1) is 0 Å². The fourth-order valence-corrected chi connectivity index (χ4v) is 5.41. The van der Waals surface area contributed by atoms with Gasteiger partial charge in [-0.1, -0.05) is 30.3 Å². The molecule has 1 atom stereocenters. The lowest BCUT2D eigenvalue weighted by atomic mass is 10.2. The Bertz CT molecular complexity index is 1050. The Kier molecular flexibility index (Phi) is 5.59. The first kappa shape index (κ1) is 20.5. The van der Waals surface area contributed by atoms with Gasteiger partial charge >= 0.3 is 0 Å². The van der Waals surface area contributed by atoms with Crippen LogP contribution < -0.4 is 9.64 Å². The molecule has 2 aliphatic rings. The van der Waals surface area contributed by atoms with Crippen LogP contribution in [0.25, 0.3) is 0 Å². The number of rotatable bonds is 5. The highest BCUT2D eigenvalue weighted by molar-refractivity contribution is 7.89. The Morgan fingerprint density at radius 1 is 0.900 bits per heavy atom. The van der Waals surface area contributed by atoms with Crippen LogP contribution in [-0.2, 0) is 19.6 Å². The molecular weight excluding hydrogens is 406 g/mol. The Morgan fingerprint density at radius 3 is 2.20 bits per heavy atom. The molecule has 30 heavy (non-hydrogen) atoms. The lowest BCUT2D eigenvalue weighted by Gasteiger charge is -2.36. The van der Waals surface area contributed by atoms with Gasteiger partial charge in [0.2, 0.25) is 15.9 Å². The van der Waals surface area contributed by atoms with E-state index < -0.39 is 16.1 Å². The van der Waals surface area contributed by atoms with Gasteiger partial charge in [0.1, 0.15) is 5.75 Å². The zero-order valence-corrected chi connectivity index (χ0v) is 17.4. The number of benzene rings is 2. The minimum atomic E-state index is -3.57. The van der Waals surface area contributed by atoms with E-state index in [0.29, 0.717) is 24.5 Å². The highest BCUT2D eigenvalue weighted by Crippen LogP contribution is 2.33. The molecule has 0 spiro atoms. The van der Waals surface area contributed by atoms with Crippen LogP contribution in [0.4, 0.5) is 5.69 Å². The number of nitrogens with zero attached hydrogens (tertiary/aromatic N) is 3. The highest BCUT2D eigenvalue weighted by Gasteiger charge is 2.44. The molecule has 0 radical (unpaired) electrons. The van der Waals surface area contributed by atoms with Gasteiger partial charge in [-0.3, -0.25) is 14.5 Å². The number of sulfonamides is 1. The lowest BCUT2D eigenvalue weighted by molar-refractivity contribution is -0.123. The van der Waals surface area contributed by atoms with Crippen LogP contribution in [0.5, 0.6) is 5.75 Å². The SMILES string of the molecule is COc1ccccc1N1C(=O)C[C@@H](N2CCN(S(=O)(=O)c3ccccc3)CC2)C1=O. The van der Waals surface area contributed by atoms with Gasteiger partial charge in [0.25, 0.3) is 5.91 Å². The number of anilines is 1. The van der Waals surface area contributed by atoms with Crippen molar-refractivity contribution in [2.24, 2.45) is 0 Å². The number of piperazine rings is 1. The Hall–Kier alpha value is -2.75. The molecule has 4 rings (SSSR count). The third kappa shape index (κ3) is 3.60. The number of imide groups is 1. The predicted molar refractivity (Wildman–Crippen MR) is 111 cm³/mol. The molecule has 8 nitrogen and oxygen atoms in total. The van der Waals surface area contributed by atoms with Crippen molar-refractivity contribution in [2.75, 3.05) is 38.2 Å². The van der Waals surface area contributed by atoms with Gasteiger partial charge in [-0.2, -0.15) is 4.31 Å². The molecule has 0 aromatic heterocycles. The van der Waals surface area contributed by atoms with E-state index in [1.54, 1.807) is 54.6 Å². The third-order valence-corrected chi connectivity index (χ3v) is 7.46. The number of carbonyl (C=O) groups is 2. The maximum Gasteiger partial charge on any atom is 0.251 e. The summed E-state index contributed by atoms with van der Waals surface area (Å²) in [6.07, 6.45) is 0.0717. The van der Waals surface area contributed by atoms with Crippen molar-refractivity contribution in [1.82, 2.24) is 9.21 Å². The molecule has 2 fully saturated rings. The summed E-state index contributed by atoms with van der Waals surface area (Å²) in [5.74, 6) is -0.128. The van der Waals surface area contributed by atoms with E-state index in [0.717, 1.165) is 0 Å². The predicted octanol–water partition coefficient (Wildman–Crippen LogP) is 1.33. The standard InChI is InChI=1S/C21H23N3O5S/c1-29-19-10-6-5-9-17(19)24-20(25)15-18(21(24)26)22-11-13-23(14-12-22)30(27,28)16-7-3-2-4-8-16/h2-10,18H,11-15H2,1H3/t18-/m1/s1. The zero-order chi connectivity index (χ0) is 21.3. The van der Waals surface area contributed by atoms with E-state index in [4.69, 9.17) is 4.74 Å². The monoisotopic (exact) mass is 429 g/mol. The average molecular weight is 429 g/mol. The number of methoxy groups -OCH3 is 1. The van der Waals surface area contributed by atoms with Crippen LogP contribution in [0, 0.1) is 0 Å². The maximum atomic E-state index is 13.1. The van der Waals surface area contributed by atoms with E-state index in [9.17, 15) is 18.0 Å². The van der Waals surface area contributed by atoms with Gasteiger partial charge in [-0.05, 0) is 24.3 Å². The zero-order valence-electron chi connectivity index (χ0n) is 16.6. The molecule has 2 aromatic carbocycles. The molecule has 2 aromatic rings. The fraction of sp³-hybridized carbons (Fsp3) is 0.333. The average Bonchev–Trinajstić information content (AvgIpc) is 3.08. The molecule has 0 aliphatic carbocycles. The summed E-state index contributed by atoms with van der Waals surface area (Å²) in [5, 5.41) is 0.